The highest BCUT2D eigenvalue weighted by Gasteiger charge is 2.22. The van der Waals surface area contributed by atoms with Gasteiger partial charge in [0.25, 0.3) is 0 Å². The molecule has 18 heavy (non-hydrogen) atoms. The number of hydrogen-bond donors (Lipinski definition) is 1. The van der Waals surface area contributed by atoms with Gasteiger partial charge in [-0.3, -0.25) is 4.98 Å². The third-order valence-electron chi connectivity index (χ3n) is 3.06. The molecule has 0 spiro atoms. The minimum atomic E-state index is -0.0835. The highest BCUT2D eigenvalue weighted by atomic mass is 16.7. The predicted molar refractivity (Wildman–Crippen MR) is 70.3 cm³/mol. The zero-order valence-electron chi connectivity index (χ0n) is 11.2. The maximum atomic E-state index is 5.53. The van der Waals surface area contributed by atoms with Crippen LogP contribution in [0.15, 0.2) is 18.5 Å². The van der Waals surface area contributed by atoms with E-state index < -0.39 is 0 Å². The summed E-state index contributed by atoms with van der Waals surface area (Å²) in [7, 11) is 0. The SMILES string of the molecule is CCCNC(CC1OCCO1)c1cncc(C)c1. The minimum Gasteiger partial charge on any atom is -0.350 e. The summed E-state index contributed by atoms with van der Waals surface area (Å²) in [6.07, 6.45) is 5.67. The molecule has 2 rings (SSSR count). The molecule has 0 aliphatic carbocycles. The number of nitrogens with one attached hydrogen (secondary N) is 1. The first kappa shape index (κ1) is 13.5. The summed E-state index contributed by atoms with van der Waals surface area (Å²) >= 11 is 0. The second-order valence-electron chi connectivity index (χ2n) is 4.71. The quantitative estimate of drug-likeness (QED) is 0.840. The molecule has 0 bridgehead atoms. The molecular formula is C14H22N2O2. The third-order valence-corrected chi connectivity index (χ3v) is 3.06. The fourth-order valence-corrected chi connectivity index (χ4v) is 2.16. The van der Waals surface area contributed by atoms with Crippen LogP contribution in [0.4, 0.5) is 0 Å². The summed E-state index contributed by atoms with van der Waals surface area (Å²) < 4.78 is 11.1. The van der Waals surface area contributed by atoms with Gasteiger partial charge in [0.05, 0.1) is 13.2 Å². The summed E-state index contributed by atoms with van der Waals surface area (Å²) in [5.74, 6) is 0. The minimum absolute atomic E-state index is 0.0835. The Bertz CT molecular complexity index is 365. The van der Waals surface area contributed by atoms with Crippen molar-refractivity contribution in [3.63, 3.8) is 0 Å². The molecule has 1 unspecified atom stereocenters. The number of ether oxygens (including phenoxy) is 2. The molecule has 1 aromatic heterocycles. The lowest BCUT2D eigenvalue weighted by atomic mass is 10.0. The van der Waals surface area contributed by atoms with E-state index in [1.807, 2.05) is 12.4 Å². The van der Waals surface area contributed by atoms with Crippen LogP contribution in [0.3, 0.4) is 0 Å². The molecule has 4 nitrogen and oxygen atoms in total. The van der Waals surface area contributed by atoms with Gasteiger partial charge in [0, 0.05) is 24.9 Å². The Balaban J connectivity index is 2.03. The summed E-state index contributed by atoms with van der Waals surface area (Å²) in [6, 6.07) is 2.43. The molecule has 1 aliphatic rings. The van der Waals surface area contributed by atoms with Crippen LogP contribution >= 0.6 is 0 Å². The molecule has 0 saturated carbocycles. The first-order valence-corrected chi connectivity index (χ1v) is 6.67. The Kier molecular flexibility index (Phi) is 5.11. The van der Waals surface area contributed by atoms with Crippen LogP contribution in [-0.2, 0) is 9.47 Å². The zero-order valence-corrected chi connectivity index (χ0v) is 11.2. The molecule has 0 amide bonds. The van der Waals surface area contributed by atoms with Crippen molar-refractivity contribution in [3.05, 3.63) is 29.6 Å². The van der Waals surface area contributed by atoms with Crippen LogP contribution in [0.25, 0.3) is 0 Å². The Morgan fingerprint density at radius 2 is 2.17 bits per heavy atom. The van der Waals surface area contributed by atoms with E-state index >= 15 is 0 Å². The number of rotatable bonds is 6. The lowest BCUT2D eigenvalue weighted by molar-refractivity contribution is -0.0530. The molecule has 1 saturated heterocycles. The summed E-state index contributed by atoms with van der Waals surface area (Å²) in [6.45, 7) is 6.64. The predicted octanol–water partition coefficient (Wildman–Crippen LogP) is 2.19. The molecule has 1 aromatic rings. The largest absolute Gasteiger partial charge is 0.350 e. The highest BCUT2D eigenvalue weighted by Crippen LogP contribution is 2.22. The van der Waals surface area contributed by atoms with Gasteiger partial charge in [-0.05, 0) is 31.0 Å². The van der Waals surface area contributed by atoms with E-state index in [4.69, 9.17) is 9.47 Å². The van der Waals surface area contributed by atoms with Gasteiger partial charge in [-0.1, -0.05) is 13.0 Å². The molecule has 2 heterocycles. The molecule has 4 heteroatoms. The summed E-state index contributed by atoms with van der Waals surface area (Å²) in [5, 5.41) is 3.54. The van der Waals surface area contributed by atoms with E-state index in [0.29, 0.717) is 13.2 Å². The van der Waals surface area contributed by atoms with Gasteiger partial charge in [0.1, 0.15) is 0 Å². The molecule has 1 fully saturated rings. The van der Waals surface area contributed by atoms with E-state index in [1.54, 1.807) is 0 Å². The average molecular weight is 250 g/mol. The van der Waals surface area contributed by atoms with Crippen molar-refractivity contribution in [2.45, 2.75) is 39.0 Å². The van der Waals surface area contributed by atoms with Crippen LogP contribution in [0, 0.1) is 6.92 Å². The van der Waals surface area contributed by atoms with Crippen molar-refractivity contribution in [1.82, 2.24) is 10.3 Å². The number of pyridine rings is 1. The molecular weight excluding hydrogens is 228 g/mol. The van der Waals surface area contributed by atoms with Crippen molar-refractivity contribution in [2.75, 3.05) is 19.8 Å². The standard InChI is InChI=1S/C14H22N2O2/c1-3-4-16-13(8-14-17-5-6-18-14)12-7-11(2)9-15-10-12/h7,9-10,13-14,16H,3-6,8H2,1-2H3. The Morgan fingerprint density at radius 1 is 1.39 bits per heavy atom. The molecule has 100 valence electrons. The fourth-order valence-electron chi connectivity index (χ4n) is 2.16. The average Bonchev–Trinajstić information content (AvgIpc) is 2.87. The number of hydrogen-bond acceptors (Lipinski definition) is 4. The normalized spacial score (nSPS) is 18.1. The molecule has 1 aliphatic heterocycles. The van der Waals surface area contributed by atoms with Gasteiger partial charge < -0.3 is 14.8 Å². The van der Waals surface area contributed by atoms with Crippen LogP contribution in [-0.4, -0.2) is 31.0 Å². The molecule has 1 N–H and O–H groups in total. The summed E-state index contributed by atoms with van der Waals surface area (Å²) in [5.41, 5.74) is 2.40. The van der Waals surface area contributed by atoms with Crippen LogP contribution in [0.2, 0.25) is 0 Å². The lowest BCUT2D eigenvalue weighted by Gasteiger charge is -2.21. The van der Waals surface area contributed by atoms with E-state index in [1.165, 1.54) is 11.1 Å². The van der Waals surface area contributed by atoms with E-state index in [0.717, 1.165) is 19.4 Å². The van der Waals surface area contributed by atoms with E-state index in [2.05, 4.69) is 30.2 Å². The lowest BCUT2D eigenvalue weighted by Crippen LogP contribution is -2.27. The first-order chi connectivity index (χ1) is 8.79. The molecule has 0 radical (unpaired) electrons. The van der Waals surface area contributed by atoms with Crippen LogP contribution < -0.4 is 5.32 Å². The second kappa shape index (κ2) is 6.83. The Labute approximate surface area is 109 Å². The smallest absolute Gasteiger partial charge is 0.159 e. The monoisotopic (exact) mass is 250 g/mol. The van der Waals surface area contributed by atoms with Crippen molar-refractivity contribution < 1.29 is 9.47 Å². The number of nitrogens with zero attached hydrogens (tertiary/aromatic N) is 1. The highest BCUT2D eigenvalue weighted by molar-refractivity contribution is 5.20. The topological polar surface area (TPSA) is 43.4 Å². The van der Waals surface area contributed by atoms with Gasteiger partial charge in [0.15, 0.2) is 6.29 Å². The summed E-state index contributed by atoms with van der Waals surface area (Å²) in [4.78, 5) is 4.27. The zero-order chi connectivity index (χ0) is 12.8. The van der Waals surface area contributed by atoms with E-state index in [9.17, 15) is 0 Å². The first-order valence-electron chi connectivity index (χ1n) is 6.67. The van der Waals surface area contributed by atoms with Gasteiger partial charge >= 0.3 is 0 Å². The maximum Gasteiger partial charge on any atom is 0.159 e. The van der Waals surface area contributed by atoms with E-state index in [-0.39, 0.29) is 12.3 Å². The van der Waals surface area contributed by atoms with Gasteiger partial charge in [-0.15, -0.1) is 0 Å². The Hall–Kier alpha value is -0.970. The fraction of sp³-hybridized carbons (Fsp3) is 0.643. The third kappa shape index (κ3) is 3.77. The Morgan fingerprint density at radius 3 is 2.83 bits per heavy atom. The number of aryl methyl sites for hydroxylation is 1. The van der Waals surface area contributed by atoms with Crippen molar-refractivity contribution >= 4 is 0 Å². The van der Waals surface area contributed by atoms with Gasteiger partial charge in [0.2, 0.25) is 0 Å². The van der Waals surface area contributed by atoms with Crippen LogP contribution in [0.5, 0.6) is 0 Å². The van der Waals surface area contributed by atoms with Crippen molar-refractivity contribution in [1.29, 1.82) is 0 Å². The van der Waals surface area contributed by atoms with Gasteiger partial charge in [-0.25, -0.2) is 0 Å². The van der Waals surface area contributed by atoms with Crippen molar-refractivity contribution in [2.24, 2.45) is 0 Å². The number of aromatic nitrogens is 1. The maximum absolute atomic E-state index is 5.53. The van der Waals surface area contributed by atoms with Gasteiger partial charge in [-0.2, -0.15) is 0 Å². The molecule has 0 aromatic carbocycles. The van der Waals surface area contributed by atoms with Crippen molar-refractivity contribution in [3.8, 4) is 0 Å². The molecule has 1 atom stereocenters. The second-order valence-corrected chi connectivity index (χ2v) is 4.71. The van der Waals surface area contributed by atoms with Crippen LogP contribution in [0.1, 0.15) is 36.9 Å².